The van der Waals surface area contributed by atoms with Gasteiger partial charge in [-0.15, -0.1) is 0 Å². The zero-order chi connectivity index (χ0) is 18.9. The van der Waals surface area contributed by atoms with Crippen molar-refractivity contribution in [3.8, 4) is 5.75 Å². The highest BCUT2D eigenvalue weighted by molar-refractivity contribution is 5.78. The van der Waals surface area contributed by atoms with E-state index >= 15 is 0 Å². The Morgan fingerprint density at radius 2 is 1.65 bits per heavy atom. The number of carbonyl (C=O) groups excluding carboxylic acids is 1. The maximum atomic E-state index is 12.5. The molecule has 2 aromatic carbocycles. The number of carboxylic acid groups (broad SMARTS) is 1. The Morgan fingerprint density at radius 3 is 2.19 bits per heavy atom. The topological polar surface area (TPSA) is 75.6 Å². The van der Waals surface area contributed by atoms with Crippen molar-refractivity contribution < 1.29 is 19.4 Å². The van der Waals surface area contributed by atoms with Gasteiger partial charge in [-0.2, -0.15) is 0 Å². The molecule has 0 fully saturated rings. The number of carbonyl (C=O) groups is 2. The maximum Gasteiger partial charge on any atom is 0.305 e. The fourth-order valence-corrected chi connectivity index (χ4v) is 2.96. The first-order valence-electron chi connectivity index (χ1n) is 8.73. The van der Waals surface area contributed by atoms with Crippen molar-refractivity contribution in [3.63, 3.8) is 0 Å². The van der Waals surface area contributed by atoms with E-state index in [1.54, 1.807) is 7.11 Å². The third-order valence-corrected chi connectivity index (χ3v) is 4.43. The van der Waals surface area contributed by atoms with Gasteiger partial charge in [0.05, 0.1) is 19.6 Å². The highest BCUT2D eigenvalue weighted by atomic mass is 16.5. The average molecular weight is 355 g/mol. The van der Waals surface area contributed by atoms with E-state index in [-0.39, 0.29) is 18.2 Å². The summed E-state index contributed by atoms with van der Waals surface area (Å²) >= 11 is 0. The van der Waals surface area contributed by atoms with Gasteiger partial charge in [0.15, 0.2) is 0 Å². The van der Waals surface area contributed by atoms with Crippen LogP contribution in [0.1, 0.15) is 49.3 Å². The van der Waals surface area contributed by atoms with Crippen molar-refractivity contribution in [1.29, 1.82) is 0 Å². The standard InChI is InChI=1S/C21H25NO4/c1-3-15(16-9-11-18(26-2)12-10-16)13-20(23)22-19(14-21(24)25)17-7-5-4-6-8-17/h4-12,15,19H,3,13-14H2,1-2H3,(H,22,23)(H,24,25). The highest BCUT2D eigenvalue weighted by Crippen LogP contribution is 2.26. The van der Waals surface area contributed by atoms with Crippen LogP contribution in [0.3, 0.4) is 0 Å². The predicted octanol–water partition coefficient (Wildman–Crippen LogP) is 3.91. The van der Waals surface area contributed by atoms with Gasteiger partial charge in [-0.3, -0.25) is 9.59 Å². The lowest BCUT2D eigenvalue weighted by molar-refractivity contribution is -0.137. The minimum atomic E-state index is -0.943. The first-order valence-corrected chi connectivity index (χ1v) is 8.73. The van der Waals surface area contributed by atoms with Crippen LogP contribution in [0.5, 0.6) is 5.75 Å². The van der Waals surface area contributed by atoms with Gasteiger partial charge in [0.1, 0.15) is 5.75 Å². The lowest BCUT2D eigenvalue weighted by Crippen LogP contribution is -2.31. The Balaban J connectivity index is 2.06. The quantitative estimate of drug-likeness (QED) is 0.715. The molecule has 5 heteroatoms. The van der Waals surface area contributed by atoms with Gasteiger partial charge in [-0.05, 0) is 35.6 Å². The summed E-state index contributed by atoms with van der Waals surface area (Å²) in [5, 5.41) is 12.0. The van der Waals surface area contributed by atoms with Gasteiger partial charge < -0.3 is 15.2 Å². The SMILES string of the molecule is CCC(CC(=O)NC(CC(=O)O)c1ccccc1)c1ccc(OC)cc1. The molecule has 0 aromatic heterocycles. The number of ether oxygens (including phenoxy) is 1. The Hall–Kier alpha value is -2.82. The monoisotopic (exact) mass is 355 g/mol. The number of rotatable bonds is 9. The molecule has 2 atom stereocenters. The minimum Gasteiger partial charge on any atom is -0.497 e. The molecule has 1 amide bonds. The van der Waals surface area contributed by atoms with E-state index in [2.05, 4.69) is 5.32 Å². The second-order valence-electron chi connectivity index (χ2n) is 6.21. The molecule has 0 saturated heterocycles. The van der Waals surface area contributed by atoms with Gasteiger partial charge in [-0.1, -0.05) is 49.4 Å². The summed E-state index contributed by atoms with van der Waals surface area (Å²) in [5.41, 5.74) is 1.86. The second-order valence-corrected chi connectivity index (χ2v) is 6.21. The van der Waals surface area contributed by atoms with Crippen LogP contribution in [-0.2, 0) is 9.59 Å². The molecule has 5 nitrogen and oxygen atoms in total. The molecule has 2 rings (SSSR count). The van der Waals surface area contributed by atoms with Crippen LogP contribution >= 0.6 is 0 Å². The zero-order valence-electron chi connectivity index (χ0n) is 15.1. The Labute approximate surface area is 154 Å². The summed E-state index contributed by atoms with van der Waals surface area (Å²) in [6.07, 6.45) is 0.982. The van der Waals surface area contributed by atoms with Crippen LogP contribution in [-0.4, -0.2) is 24.1 Å². The first kappa shape index (κ1) is 19.5. The largest absolute Gasteiger partial charge is 0.497 e. The van der Waals surface area contributed by atoms with E-state index in [0.29, 0.717) is 6.42 Å². The molecule has 0 aliphatic heterocycles. The second kappa shape index (κ2) is 9.61. The summed E-state index contributed by atoms with van der Waals surface area (Å²) in [7, 11) is 1.62. The molecule has 0 saturated carbocycles. The van der Waals surface area contributed by atoms with Gasteiger partial charge in [0.2, 0.25) is 5.91 Å². The molecule has 0 aliphatic rings. The zero-order valence-corrected chi connectivity index (χ0v) is 15.1. The molecular formula is C21H25NO4. The average Bonchev–Trinajstić information content (AvgIpc) is 2.66. The van der Waals surface area contributed by atoms with Gasteiger partial charge >= 0.3 is 5.97 Å². The van der Waals surface area contributed by atoms with E-state index in [9.17, 15) is 9.59 Å². The van der Waals surface area contributed by atoms with Crippen molar-refractivity contribution in [1.82, 2.24) is 5.32 Å². The Morgan fingerprint density at radius 1 is 1.00 bits per heavy atom. The molecule has 2 aromatic rings. The van der Waals surface area contributed by atoms with Crippen LogP contribution in [0.4, 0.5) is 0 Å². The molecule has 0 spiro atoms. The molecule has 0 radical (unpaired) electrons. The number of hydrogen-bond donors (Lipinski definition) is 2. The molecule has 0 aliphatic carbocycles. The molecule has 0 bridgehead atoms. The number of hydrogen-bond acceptors (Lipinski definition) is 3. The van der Waals surface area contributed by atoms with Crippen LogP contribution in [0.2, 0.25) is 0 Å². The van der Waals surface area contributed by atoms with Crippen molar-refractivity contribution in [2.24, 2.45) is 0 Å². The normalized spacial score (nSPS) is 12.8. The Bertz CT molecular complexity index is 713. The lowest BCUT2D eigenvalue weighted by atomic mass is 9.92. The number of nitrogens with one attached hydrogen (secondary N) is 1. The van der Waals surface area contributed by atoms with Crippen molar-refractivity contribution in [2.75, 3.05) is 7.11 Å². The number of methoxy groups -OCH3 is 1. The lowest BCUT2D eigenvalue weighted by Gasteiger charge is -2.20. The summed E-state index contributed by atoms with van der Waals surface area (Å²) in [6.45, 7) is 2.04. The van der Waals surface area contributed by atoms with E-state index in [4.69, 9.17) is 9.84 Å². The third-order valence-electron chi connectivity index (χ3n) is 4.43. The van der Waals surface area contributed by atoms with Gasteiger partial charge in [0.25, 0.3) is 0 Å². The van der Waals surface area contributed by atoms with Gasteiger partial charge in [-0.25, -0.2) is 0 Å². The molecule has 0 heterocycles. The van der Waals surface area contributed by atoms with Crippen molar-refractivity contribution >= 4 is 11.9 Å². The van der Waals surface area contributed by atoms with Crippen molar-refractivity contribution in [3.05, 3.63) is 65.7 Å². The molecule has 138 valence electrons. The fraction of sp³-hybridized carbons (Fsp3) is 0.333. The smallest absolute Gasteiger partial charge is 0.305 e. The minimum absolute atomic E-state index is 0.0714. The van der Waals surface area contributed by atoms with Crippen LogP contribution in [0.25, 0.3) is 0 Å². The molecule has 26 heavy (non-hydrogen) atoms. The Kier molecular flexibility index (Phi) is 7.21. The highest BCUT2D eigenvalue weighted by Gasteiger charge is 2.20. The van der Waals surface area contributed by atoms with Crippen LogP contribution in [0, 0.1) is 0 Å². The number of aliphatic carboxylic acids is 1. The van der Waals surface area contributed by atoms with E-state index < -0.39 is 12.0 Å². The number of amides is 1. The van der Waals surface area contributed by atoms with Crippen LogP contribution < -0.4 is 10.1 Å². The van der Waals surface area contributed by atoms with Gasteiger partial charge in [0, 0.05) is 6.42 Å². The molecule has 2 N–H and O–H groups in total. The molecule has 2 unspecified atom stereocenters. The maximum absolute atomic E-state index is 12.5. The predicted molar refractivity (Wildman–Crippen MR) is 100 cm³/mol. The fourth-order valence-electron chi connectivity index (χ4n) is 2.96. The first-order chi connectivity index (χ1) is 12.5. The summed E-state index contributed by atoms with van der Waals surface area (Å²) in [5.74, 6) is -0.245. The van der Waals surface area contributed by atoms with E-state index in [0.717, 1.165) is 23.3 Å². The number of benzene rings is 2. The summed E-state index contributed by atoms with van der Waals surface area (Å²) in [6, 6.07) is 16.3. The molecular weight excluding hydrogens is 330 g/mol. The third kappa shape index (κ3) is 5.62. The summed E-state index contributed by atoms with van der Waals surface area (Å²) in [4.78, 5) is 23.7. The van der Waals surface area contributed by atoms with Crippen LogP contribution in [0.15, 0.2) is 54.6 Å². The van der Waals surface area contributed by atoms with E-state index in [1.165, 1.54) is 0 Å². The van der Waals surface area contributed by atoms with E-state index in [1.807, 2.05) is 61.5 Å². The van der Waals surface area contributed by atoms with Crippen molar-refractivity contribution in [2.45, 2.75) is 38.1 Å². The summed E-state index contributed by atoms with van der Waals surface area (Å²) < 4.78 is 5.17. The number of carboxylic acids is 1.